The maximum atomic E-state index is 10.6. The zero-order valence-corrected chi connectivity index (χ0v) is 30.4. The SMILES string of the molecule is COC(C)OC(C(=O)[O-])C(C)OC.COC1C(C(=O)[O-])OCC(O)C1O.COC1C(C(=O)[O-])OCC(O)C1O.COC1C(C(=O)[O-])OCC2OC21.O.O.O. The molecule has 0 amide bonds. The Morgan fingerprint density at radius 1 is 0.611 bits per heavy atom. The average molecular weight is 801 g/mol. The number of epoxide rings is 1. The minimum atomic E-state index is -1.46. The number of hydrogen-bond donors (Lipinski definition) is 4. The summed E-state index contributed by atoms with van der Waals surface area (Å²) in [5.74, 6) is -5.47. The number of carboxylic acid groups (broad SMARTS) is 4. The van der Waals surface area contributed by atoms with Crippen molar-refractivity contribution in [3.8, 4) is 0 Å². The molecule has 0 bridgehead atoms. The molecule has 25 heteroatoms. The van der Waals surface area contributed by atoms with E-state index >= 15 is 0 Å². The second kappa shape index (κ2) is 26.9. The number of carbonyl (C=O) groups is 4. The van der Waals surface area contributed by atoms with E-state index in [1.165, 1.54) is 35.5 Å². The molecule has 4 rings (SSSR count). The monoisotopic (exact) mass is 800 g/mol. The highest BCUT2D eigenvalue weighted by molar-refractivity contribution is 5.72. The van der Waals surface area contributed by atoms with Crippen LogP contribution >= 0.6 is 0 Å². The van der Waals surface area contributed by atoms with Gasteiger partial charge in [0.25, 0.3) is 0 Å². The Labute approximate surface area is 309 Å². The van der Waals surface area contributed by atoms with Crippen molar-refractivity contribution >= 4 is 23.9 Å². The largest absolute Gasteiger partial charge is 0.547 e. The fourth-order valence-corrected chi connectivity index (χ4v) is 4.77. The van der Waals surface area contributed by atoms with E-state index in [2.05, 4.69) is 0 Å². The molecule has 25 nitrogen and oxygen atoms in total. The van der Waals surface area contributed by atoms with Gasteiger partial charge in [0.05, 0.1) is 49.8 Å². The molecule has 0 aliphatic carbocycles. The first-order valence-corrected chi connectivity index (χ1v) is 15.3. The van der Waals surface area contributed by atoms with E-state index in [4.69, 9.17) is 57.6 Å². The van der Waals surface area contributed by atoms with Crippen molar-refractivity contribution in [2.75, 3.05) is 55.4 Å². The van der Waals surface area contributed by atoms with Crippen molar-refractivity contribution < 1.29 is 124 Å². The molecule has 54 heavy (non-hydrogen) atoms. The van der Waals surface area contributed by atoms with Crippen molar-refractivity contribution in [2.45, 2.75) is 106 Å². The van der Waals surface area contributed by atoms with Crippen LogP contribution in [-0.4, -0.2) is 208 Å². The Kier molecular flexibility index (Phi) is 27.7. The van der Waals surface area contributed by atoms with Gasteiger partial charge in [-0.1, -0.05) is 0 Å². The van der Waals surface area contributed by atoms with Crippen molar-refractivity contribution in [2.24, 2.45) is 0 Å². The standard InChI is InChI=1S/C8H16O5.2C7H12O6.C7H10O5.3H2O/c1-5(11-3)7(8(9)10)13-6(2)12-4;2*1-12-5-4(9)3(8)2-13-6(5)7(10)11;1-10-5-4-3(12-4)2-11-6(5)7(8)9;;;/h5-7H,1-4H3,(H,9,10);2*3-6,8-9H,2H2,1H3,(H,10,11);3-6H,2H2,1H3,(H,8,9);3*1H2/p-4. The van der Waals surface area contributed by atoms with Gasteiger partial charge < -0.3 is 124 Å². The molecule has 0 spiro atoms. The zero-order chi connectivity index (χ0) is 39.2. The second-order valence-electron chi connectivity index (χ2n) is 11.2. The summed E-state index contributed by atoms with van der Waals surface area (Å²) in [4.78, 5) is 42.0. The van der Waals surface area contributed by atoms with E-state index in [1.807, 2.05) is 0 Å². The van der Waals surface area contributed by atoms with Gasteiger partial charge in [-0.2, -0.15) is 0 Å². The first-order valence-electron chi connectivity index (χ1n) is 15.3. The van der Waals surface area contributed by atoms with Crippen molar-refractivity contribution in [3.63, 3.8) is 0 Å². The van der Waals surface area contributed by atoms with Gasteiger partial charge in [0.15, 0.2) is 6.29 Å². The lowest BCUT2D eigenvalue weighted by molar-refractivity contribution is -0.329. The third-order valence-electron chi connectivity index (χ3n) is 7.85. The molecule has 10 N–H and O–H groups in total. The van der Waals surface area contributed by atoms with E-state index < -0.39 is 103 Å². The molecule has 4 heterocycles. The lowest BCUT2D eigenvalue weighted by Crippen LogP contribution is -2.59. The molecule has 15 unspecified atom stereocenters. The molecule has 0 saturated carbocycles. The Bertz CT molecular complexity index is 1020. The lowest BCUT2D eigenvalue weighted by atomic mass is 10.00. The topological polar surface area (TPSA) is 432 Å². The third-order valence-corrected chi connectivity index (χ3v) is 7.85. The van der Waals surface area contributed by atoms with E-state index in [9.17, 15) is 49.8 Å². The summed E-state index contributed by atoms with van der Waals surface area (Å²) in [6.07, 6.45) is -13.5. The smallest absolute Gasteiger partial charge is 0.155 e. The number of rotatable bonds is 12. The minimum absolute atomic E-state index is 0. The Morgan fingerprint density at radius 3 is 1.30 bits per heavy atom. The van der Waals surface area contributed by atoms with Crippen LogP contribution in [0.15, 0.2) is 0 Å². The number of methoxy groups -OCH3 is 5. The van der Waals surface area contributed by atoms with Gasteiger partial charge in [0.2, 0.25) is 0 Å². The van der Waals surface area contributed by atoms with Gasteiger partial charge in [-0.25, -0.2) is 0 Å². The molecule has 4 fully saturated rings. The highest BCUT2D eigenvalue weighted by Gasteiger charge is 2.53. The molecule has 0 radical (unpaired) electrons. The minimum Gasteiger partial charge on any atom is -0.547 e. The normalized spacial score (nSPS) is 33.7. The van der Waals surface area contributed by atoms with Crippen LogP contribution in [0.4, 0.5) is 0 Å². The van der Waals surface area contributed by atoms with E-state index in [0.29, 0.717) is 6.61 Å². The number of hydrogen-bond acceptors (Lipinski definition) is 22. The molecule has 4 saturated heterocycles. The predicted octanol–water partition coefficient (Wildman–Crippen LogP) is -11.7. The Balaban J connectivity index is -0.000000631. The van der Waals surface area contributed by atoms with Crippen LogP contribution in [0.1, 0.15) is 13.8 Å². The first-order chi connectivity index (χ1) is 23.9. The van der Waals surface area contributed by atoms with Crippen LogP contribution in [0.5, 0.6) is 0 Å². The van der Waals surface area contributed by atoms with Crippen molar-refractivity contribution in [1.29, 1.82) is 0 Å². The fourth-order valence-electron chi connectivity index (χ4n) is 4.77. The van der Waals surface area contributed by atoms with Gasteiger partial charge in [0.1, 0.15) is 79.4 Å². The zero-order valence-electron chi connectivity index (χ0n) is 30.4. The summed E-state index contributed by atoms with van der Waals surface area (Å²) in [5.41, 5.74) is 0. The van der Waals surface area contributed by atoms with Crippen molar-refractivity contribution in [1.82, 2.24) is 0 Å². The van der Waals surface area contributed by atoms with E-state index in [-0.39, 0.29) is 41.9 Å². The second-order valence-corrected chi connectivity index (χ2v) is 11.2. The van der Waals surface area contributed by atoms with E-state index in [0.717, 1.165) is 0 Å². The molecular formula is C29H52O25-4. The summed E-state index contributed by atoms with van der Waals surface area (Å²) in [6.45, 7) is 3.03. The summed E-state index contributed by atoms with van der Waals surface area (Å²) < 4.78 is 48.5. The Hall–Kier alpha value is -2.80. The van der Waals surface area contributed by atoms with Gasteiger partial charge >= 0.3 is 0 Å². The average Bonchev–Trinajstić information content (AvgIpc) is 3.89. The highest BCUT2D eigenvalue weighted by Crippen LogP contribution is 2.34. The molecular weight excluding hydrogens is 748 g/mol. The van der Waals surface area contributed by atoms with Crippen LogP contribution in [0.25, 0.3) is 0 Å². The van der Waals surface area contributed by atoms with Crippen molar-refractivity contribution in [3.05, 3.63) is 0 Å². The molecule has 0 aromatic carbocycles. The maximum Gasteiger partial charge on any atom is 0.155 e. The highest BCUT2D eigenvalue weighted by atomic mass is 16.7. The van der Waals surface area contributed by atoms with Gasteiger partial charge in [-0.05, 0) is 13.8 Å². The number of fused-ring (bicyclic) bond motifs is 1. The van der Waals surface area contributed by atoms with Gasteiger partial charge in [-0.3, -0.25) is 0 Å². The first kappa shape index (κ1) is 55.5. The van der Waals surface area contributed by atoms with Crippen LogP contribution in [0.3, 0.4) is 0 Å². The molecule has 4 aliphatic rings. The summed E-state index contributed by atoms with van der Waals surface area (Å²) in [7, 11) is 6.72. The van der Waals surface area contributed by atoms with Gasteiger partial charge in [-0.15, -0.1) is 0 Å². The Morgan fingerprint density at radius 2 is 0.981 bits per heavy atom. The summed E-state index contributed by atoms with van der Waals surface area (Å²) >= 11 is 0. The van der Waals surface area contributed by atoms with Crippen LogP contribution in [-0.2, 0) is 66.5 Å². The van der Waals surface area contributed by atoms with E-state index in [1.54, 1.807) is 13.8 Å². The summed E-state index contributed by atoms with van der Waals surface area (Å²) in [6, 6.07) is 0. The van der Waals surface area contributed by atoms with Gasteiger partial charge in [0, 0.05) is 35.5 Å². The molecule has 322 valence electrons. The number of aliphatic carboxylic acids is 4. The maximum absolute atomic E-state index is 10.6. The quantitative estimate of drug-likeness (QED) is 0.105. The lowest BCUT2D eigenvalue weighted by Gasteiger charge is -2.37. The number of carboxylic acids is 4. The molecule has 0 aromatic rings. The fraction of sp³-hybridized carbons (Fsp3) is 0.862. The number of carbonyl (C=O) groups excluding carboxylic acids is 4. The number of aliphatic hydroxyl groups is 4. The number of ether oxygens (including phenoxy) is 10. The molecule has 15 atom stereocenters. The molecule has 4 aliphatic heterocycles. The van der Waals surface area contributed by atoms with Crippen LogP contribution in [0.2, 0.25) is 0 Å². The predicted molar refractivity (Wildman–Crippen MR) is 163 cm³/mol. The van der Waals surface area contributed by atoms with Crippen LogP contribution < -0.4 is 20.4 Å². The summed E-state index contributed by atoms with van der Waals surface area (Å²) in [5, 5.41) is 78.9. The number of aliphatic hydroxyl groups excluding tert-OH is 4. The third kappa shape index (κ3) is 16.1. The molecule has 0 aromatic heterocycles. The van der Waals surface area contributed by atoms with Crippen LogP contribution in [0, 0.1) is 0 Å².